The van der Waals surface area contributed by atoms with E-state index in [2.05, 4.69) is 38.1 Å². The quantitative estimate of drug-likeness (QED) is 0.235. The second-order valence-electron chi connectivity index (χ2n) is 3.01. The van der Waals surface area contributed by atoms with E-state index >= 15 is 0 Å². The van der Waals surface area contributed by atoms with Gasteiger partial charge < -0.3 is 10.5 Å². The molecule has 0 heterocycles. The van der Waals surface area contributed by atoms with Gasteiger partial charge >= 0.3 is 40.0 Å². The zero-order valence-electron chi connectivity index (χ0n) is 9.94. The molecule has 1 aromatic carbocycles. The van der Waals surface area contributed by atoms with E-state index in [4.69, 9.17) is 28.0 Å². The molecule has 0 spiro atoms. The monoisotopic (exact) mass is 274 g/mol. The molecule has 0 unspecified atom stereocenters. The van der Waals surface area contributed by atoms with Gasteiger partial charge in [0.25, 0.3) is 0 Å². The van der Waals surface area contributed by atoms with Crippen molar-refractivity contribution in [2.45, 2.75) is 19.8 Å². The van der Waals surface area contributed by atoms with Crippen LogP contribution < -0.4 is 34.8 Å². The van der Waals surface area contributed by atoms with E-state index in [-0.39, 0.29) is 29.6 Å². The third-order valence-electron chi connectivity index (χ3n) is 1.47. The van der Waals surface area contributed by atoms with Crippen LogP contribution in [0.1, 0.15) is 25.3 Å². The van der Waals surface area contributed by atoms with Crippen molar-refractivity contribution < 1.29 is 57.6 Å². The summed E-state index contributed by atoms with van der Waals surface area (Å²) in [6.07, 6.45) is 0. The zero-order valence-corrected chi connectivity index (χ0v) is 12.8. The Labute approximate surface area is 123 Å². The second kappa shape index (κ2) is 12.5. The molecule has 0 aliphatic heterocycles. The maximum absolute atomic E-state index is 8.74. The number of rotatable bonds is 1. The van der Waals surface area contributed by atoms with Crippen LogP contribution in [0.4, 0.5) is 0 Å². The first kappa shape index (κ1) is 22.2. The minimum Gasteiger partial charge on any atom is -0.727 e. The summed E-state index contributed by atoms with van der Waals surface area (Å²) >= 11 is 0. The summed E-state index contributed by atoms with van der Waals surface area (Å²) in [7, 11) is -4.67. The van der Waals surface area contributed by atoms with Crippen molar-refractivity contribution in [2.75, 3.05) is 0 Å². The van der Waals surface area contributed by atoms with Crippen LogP contribution in [0.5, 0.6) is 0 Å². The molecule has 0 atom stereocenters. The van der Waals surface area contributed by atoms with E-state index in [1.807, 2.05) is 6.07 Å². The van der Waals surface area contributed by atoms with Crippen molar-refractivity contribution in [1.82, 2.24) is 0 Å². The summed E-state index contributed by atoms with van der Waals surface area (Å²) in [6.45, 7) is 4.41. The van der Waals surface area contributed by atoms with Gasteiger partial charge in [-0.15, -0.1) is 0 Å². The van der Waals surface area contributed by atoms with E-state index in [0.717, 1.165) is 0 Å². The van der Waals surface area contributed by atoms with Crippen LogP contribution in [0.25, 0.3) is 0 Å². The van der Waals surface area contributed by atoms with Gasteiger partial charge in [0.2, 0.25) is 0 Å². The van der Waals surface area contributed by atoms with Crippen LogP contribution in [-0.4, -0.2) is 22.8 Å². The van der Waals surface area contributed by atoms with E-state index < -0.39 is 10.4 Å². The standard InChI is InChI=1S/C9H12.Na.H2O4S.H2O2/c1-8(2)9-6-4-3-5-7-9;;1-5(2,3)4;1-2/h3-8H,1-2H3;;(H2,1,2,3,4);1-2H/q;+1;;/p-1. The average Bonchev–Trinajstić information content (AvgIpc) is 2.20. The molecule has 0 amide bonds. The van der Waals surface area contributed by atoms with Gasteiger partial charge in [0.15, 0.2) is 0 Å². The summed E-state index contributed by atoms with van der Waals surface area (Å²) < 4.78 is 31.6. The van der Waals surface area contributed by atoms with Crippen LogP contribution in [0.2, 0.25) is 0 Å². The smallest absolute Gasteiger partial charge is 0.727 e. The fraction of sp³-hybridized carbons (Fsp3) is 0.333. The van der Waals surface area contributed by atoms with Gasteiger partial charge in [-0.05, 0) is 11.5 Å². The molecule has 94 valence electrons. The van der Waals surface area contributed by atoms with Gasteiger partial charge in [-0.3, -0.25) is 9.11 Å². The molecule has 0 aromatic heterocycles. The first-order chi connectivity index (χ1) is 7.30. The van der Waals surface area contributed by atoms with Gasteiger partial charge in [0.05, 0.1) is 0 Å². The predicted molar refractivity (Wildman–Crippen MR) is 57.3 cm³/mol. The maximum atomic E-state index is 8.74. The number of hydrogen-bond acceptors (Lipinski definition) is 4. The Kier molecular flexibility index (Phi) is 16.3. The molecule has 1 rings (SSSR count). The Morgan fingerprint density at radius 3 is 1.53 bits per heavy atom. The summed E-state index contributed by atoms with van der Waals surface area (Å²) in [5.41, 5.74) is 1.41. The van der Waals surface area contributed by atoms with E-state index in [1.54, 1.807) is 0 Å². The molecule has 0 aliphatic carbocycles. The fourth-order valence-electron chi connectivity index (χ4n) is 0.838. The molecule has 8 heteroatoms. The molecular weight excluding hydrogens is 259 g/mol. The van der Waals surface area contributed by atoms with Crippen LogP contribution in [0.15, 0.2) is 30.3 Å². The molecule has 6 nitrogen and oxygen atoms in total. The van der Waals surface area contributed by atoms with Gasteiger partial charge in [-0.1, -0.05) is 44.2 Å². The molecule has 3 N–H and O–H groups in total. The molecule has 1 aromatic rings. The molecule has 17 heavy (non-hydrogen) atoms. The minimum absolute atomic E-state index is 0. The van der Waals surface area contributed by atoms with Crippen LogP contribution >= 0.6 is 0 Å². The Bertz CT molecular complexity index is 343. The Morgan fingerprint density at radius 1 is 1.06 bits per heavy atom. The summed E-state index contributed by atoms with van der Waals surface area (Å²) in [6, 6.07) is 10.5. The van der Waals surface area contributed by atoms with Crippen LogP contribution in [0, 0.1) is 0 Å². The van der Waals surface area contributed by atoms with Gasteiger partial charge in [0.1, 0.15) is 0 Å². The van der Waals surface area contributed by atoms with Crippen molar-refractivity contribution in [3.05, 3.63) is 35.9 Å². The van der Waals surface area contributed by atoms with Crippen molar-refractivity contribution in [3.63, 3.8) is 0 Å². The van der Waals surface area contributed by atoms with Crippen molar-refractivity contribution in [1.29, 1.82) is 0 Å². The van der Waals surface area contributed by atoms with E-state index in [9.17, 15) is 0 Å². The number of benzene rings is 1. The topological polar surface area (TPSA) is 118 Å². The molecule has 0 radical (unpaired) electrons. The molecule has 0 fully saturated rings. The average molecular weight is 274 g/mol. The normalized spacial score (nSPS) is 9.12. The van der Waals surface area contributed by atoms with Crippen molar-refractivity contribution in [2.24, 2.45) is 0 Å². The third-order valence-corrected chi connectivity index (χ3v) is 1.47. The third kappa shape index (κ3) is 21.8. The Balaban J connectivity index is -0.000000213. The molecule has 0 saturated heterocycles. The minimum atomic E-state index is -4.67. The van der Waals surface area contributed by atoms with Crippen molar-refractivity contribution >= 4 is 10.4 Å². The summed E-state index contributed by atoms with van der Waals surface area (Å²) in [5, 5.41) is 13.0. The predicted octanol–water partition coefficient (Wildman–Crippen LogP) is -2.02. The maximum Gasteiger partial charge on any atom is 1.00 e. The molecule has 0 bridgehead atoms. The van der Waals surface area contributed by atoms with Gasteiger partial charge in [0, 0.05) is 0 Å². The largest absolute Gasteiger partial charge is 1.00 e. The zero-order chi connectivity index (χ0) is 13.2. The van der Waals surface area contributed by atoms with Crippen LogP contribution in [-0.2, 0) is 10.4 Å². The van der Waals surface area contributed by atoms with E-state index in [1.165, 1.54) is 5.56 Å². The SMILES string of the molecule is CC(C)c1ccccc1.O=S(=O)(O)O.[Na+].[O-]O. The van der Waals surface area contributed by atoms with Gasteiger partial charge in [-0.2, -0.15) is 8.42 Å². The van der Waals surface area contributed by atoms with Crippen molar-refractivity contribution in [3.8, 4) is 0 Å². The molecule has 0 saturated carbocycles. The summed E-state index contributed by atoms with van der Waals surface area (Å²) in [5.74, 6) is 0.659. The Morgan fingerprint density at radius 2 is 1.35 bits per heavy atom. The molecule has 0 aliphatic rings. The van der Waals surface area contributed by atoms with Gasteiger partial charge in [-0.25, -0.2) is 0 Å². The fourth-order valence-corrected chi connectivity index (χ4v) is 0.838. The van der Waals surface area contributed by atoms with E-state index in [0.29, 0.717) is 5.92 Å². The molecular formula is C9H15NaO6S. The second-order valence-corrected chi connectivity index (χ2v) is 3.91. The summed E-state index contributed by atoms with van der Waals surface area (Å²) in [4.78, 5) is 0. The number of hydrogen-bond donors (Lipinski definition) is 3. The first-order valence-corrected chi connectivity index (χ1v) is 5.63. The Hall–Kier alpha value is 0.01000. The first-order valence-electron chi connectivity index (χ1n) is 4.24. The van der Waals surface area contributed by atoms with Crippen LogP contribution in [0.3, 0.4) is 0 Å².